The Balaban J connectivity index is 1.81. The molecular formula is C21H22N2O3S. The number of hydrogen-bond donors (Lipinski definition) is 1. The van der Waals surface area contributed by atoms with Gasteiger partial charge in [-0.15, -0.1) is 17.9 Å². The highest BCUT2D eigenvalue weighted by molar-refractivity contribution is 7.10. The fourth-order valence-electron chi connectivity index (χ4n) is 2.76. The maximum atomic E-state index is 12.8. The summed E-state index contributed by atoms with van der Waals surface area (Å²) in [6, 6.07) is 9.18. The van der Waals surface area contributed by atoms with Crippen molar-refractivity contribution in [3.8, 4) is 5.75 Å². The van der Waals surface area contributed by atoms with E-state index in [0.717, 1.165) is 4.88 Å². The molecule has 1 aliphatic rings. The molecule has 2 amide bonds. The summed E-state index contributed by atoms with van der Waals surface area (Å²) in [5.41, 5.74) is 0.646. The van der Waals surface area contributed by atoms with Crippen LogP contribution in [0.1, 0.15) is 18.7 Å². The van der Waals surface area contributed by atoms with Crippen molar-refractivity contribution in [1.82, 2.24) is 0 Å². The Labute approximate surface area is 163 Å². The van der Waals surface area contributed by atoms with Crippen molar-refractivity contribution < 1.29 is 14.3 Å². The molecule has 0 atom stereocenters. The van der Waals surface area contributed by atoms with E-state index in [1.807, 2.05) is 31.4 Å². The highest BCUT2D eigenvalue weighted by Gasteiger charge is 2.37. The lowest BCUT2D eigenvalue weighted by atomic mass is 9.93. The van der Waals surface area contributed by atoms with E-state index in [4.69, 9.17) is 4.74 Å². The first-order valence-electron chi connectivity index (χ1n) is 8.63. The third-order valence-corrected chi connectivity index (χ3v) is 5.02. The molecule has 1 aliphatic heterocycles. The third-order valence-electron chi connectivity index (χ3n) is 4.18. The number of anilines is 2. The van der Waals surface area contributed by atoms with Crippen LogP contribution in [0.4, 0.5) is 11.4 Å². The first-order chi connectivity index (χ1) is 12.9. The maximum absolute atomic E-state index is 12.8. The normalized spacial score (nSPS) is 15.8. The van der Waals surface area contributed by atoms with Crippen LogP contribution in [0.3, 0.4) is 0 Å². The molecule has 6 heteroatoms. The van der Waals surface area contributed by atoms with Crippen molar-refractivity contribution >= 4 is 40.6 Å². The number of amides is 2. The topological polar surface area (TPSA) is 58.6 Å². The highest BCUT2D eigenvalue weighted by Crippen LogP contribution is 2.38. The number of carbonyl (C=O) groups excluding carboxylic acids is 2. The summed E-state index contributed by atoms with van der Waals surface area (Å²) < 4.78 is 5.89. The number of ether oxygens (including phenoxy) is 1. The summed E-state index contributed by atoms with van der Waals surface area (Å²) in [7, 11) is 0. The molecule has 0 spiro atoms. The van der Waals surface area contributed by atoms with Crippen LogP contribution < -0.4 is 15.0 Å². The third kappa shape index (κ3) is 4.28. The van der Waals surface area contributed by atoms with Gasteiger partial charge in [-0.2, -0.15) is 0 Å². The highest BCUT2D eigenvalue weighted by atomic mass is 32.1. The zero-order valence-electron chi connectivity index (χ0n) is 15.4. The summed E-state index contributed by atoms with van der Waals surface area (Å²) in [5.74, 6) is 0.323. The van der Waals surface area contributed by atoms with Crippen molar-refractivity contribution in [2.75, 3.05) is 23.4 Å². The van der Waals surface area contributed by atoms with Gasteiger partial charge >= 0.3 is 0 Å². The molecule has 5 nitrogen and oxygen atoms in total. The quantitative estimate of drug-likeness (QED) is 0.618. The predicted molar refractivity (Wildman–Crippen MR) is 110 cm³/mol. The van der Waals surface area contributed by atoms with E-state index >= 15 is 0 Å². The van der Waals surface area contributed by atoms with E-state index in [9.17, 15) is 9.59 Å². The molecule has 140 valence electrons. The van der Waals surface area contributed by atoms with Gasteiger partial charge in [0, 0.05) is 29.3 Å². The summed E-state index contributed by atoms with van der Waals surface area (Å²) in [5, 5.41) is 4.79. The lowest BCUT2D eigenvalue weighted by molar-refractivity contribution is -0.127. The molecule has 1 N–H and O–H groups in total. The molecular weight excluding hydrogens is 360 g/mol. The molecule has 0 saturated carbocycles. The molecule has 0 saturated heterocycles. The average Bonchev–Trinajstić information content (AvgIpc) is 3.13. The van der Waals surface area contributed by atoms with E-state index in [1.165, 1.54) is 6.08 Å². The SMILES string of the molecule is C=CCN1C(=O)C(C)(C)COc2cc(NC(=O)/C=C/c3cccs3)ccc21. The van der Waals surface area contributed by atoms with Crippen molar-refractivity contribution in [1.29, 1.82) is 0 Å². The minimum Gasteiger partial charge on any atom is -0.490 e. The molecule has 0 unspecified atom stereocenters. The van der Waals surface area contributed by atoms with Crippen LogP contribution >= 0.6 is 11.3 Å². The van der Waals surface area contributed by atoms with Crippen molar-refractivity contribution in [2.24, 2.45) is 5.41 Å². The summed E-state index contributed by atoms with van der Waals surface area (Å²) in [4.78, 5) is 27.6. The molecule has 0 radical (unpaired) electrons. The van der Waals surface area contributed by atoms with Gasteiger partial charge in [-0.1, -0.05) is 12.1 Å². The van der Waals surface area contributed by atoms with Crippen molar-refractivity contribution in [3.63, 3.8) is 0 Å². The maximum Gasteiger partial charge on any atom is 0.248 e. The van der Waals surface area contributed by atoms with Gasteiger partial charge in [-0.3, -0.25) is 9.59 Å². The number of fused-ring (bicyclic) bond motifs is 1. The minimum absolute atomic E-state index is 0.0168. The van der Waals surface area contributed by atoms with Gasteiger partial charge in [-0.05, 0) is 43.5 Å². The Morgan fingerprint density at radius 1 is 1.41 bits per heavy atom. The fraction of sp³-hybridized carbons (Fsp3) is 0.238. The molecule has 0 bridgehead atoms. The Kier molecular flexibility index (Phi) is 5.46. The van der Waals surface area contributed by atoms with Crippen molar-refractivity contribution in [2.45, 2.75) is 13.8 Å². The van der Waals surface area contributed by atoms with Gasteiger partial charge in [-0.25, -0.2) is 0 Å². The van der Waals surface area contributed by atoms with Crippen LogP contribution in [0, 0.1) is 5.41 Å². The molecule has 2 heterocycles. The van der Waals surface area contributed by atoms with E-state index in [-0.39, 0.29) is 18.4 Å². The molecule has 2 aromatic rings. The fourth-order valence-corrected chi connectivity index (χ4v) is 3.38. The number of nitrogens with one attached hydrogen (secondary N) is 1. The molecule has 0 aliphatic carbocycles. The summed E-state index contributed by atoms with van der Waals surface area (Å²) in [6.45, 7) is 8.12. The molecule has 1 aromatic carbocycles. The number of nitrogens with zero attached hydrogens (tertiary/aromatic N) is 1. The average molecular weight is 382 g/mol. The zero-order chi connectivity index (χ0) is 19.4. The number of hydrogen-bond acceptors (Lipinski definition) is 4. The van der Waals surface area contributed by atoms with Gasteiger partial charge in [0.05, 0.1) is 11.1 Å². The van der Waals surface area contributed by atoms with Gasteiger partial charge in [0.25, 0.3) is 0 Å². The Hall–Kier alpha value is -2.86. The summed E-state index contributed by atoms with van der Waals surface area (Å²) >= 11 is 1.56. The zero-order valence-corrected chi connectivity index (χ0v) is 16.2. The number of rotatable bonds is 5. The van der Waals surface area contributed by atoms with Crippen molar-refractivity contribution in [3.05, 3.63) is 59.3 Å². The van der Waals surface area contributed by atoms with Crippen LogP contribution in [0.25, 0.3) is 6.08 Å². The minimum atomic E-state index is -0.644. The van der Waals surface area contributed by atoms with Crippen LogP contribution in [-0.2, 0) is 9.59 Å². The number of benzene rings is 1. The van der Waals surface area contributed by atoms with Gasteiger partial charge in [0.15, 0.2) is 0 Å². The molecule has 27 heavy (non-hydrogen) atoms. The largest absolute Gasteiger partial charge is 0.490 e. The summed E-state index contributed by atoms with van der Waals surface area (Å²) in [6.07, 6.45) is 4.95. The first kappa shape index (κ1) is 18.9. The van der Waals surface area contributed by atoms with E-state index in [2.05, 4.69) is 11.9 Å². The first-order valence-corrected chi connectivity index (χ1v) is 9.51. The van der Waals surface area contributed by atoms with Crippen LogP contribution in [0.5, 0.6) is 5.75 Å². The second-order valence-corrected chi connectivity index (χ2v) is 7.88. The Morgan fingerprint density at radius 3 is 2.93 bits per heavy atom. The molecule has 3 rings (SSSR count). The lowest BCUT2D eigenvalue weighted by Crippen LogP contribution is -2.42. The molecule has 1 aromatic heterocycles. The second-order valence-electron chi connectivity index (χ2n) is 6.90. The smallest absolute Gasteiger partial charge is 0.248 e. The second kappa shape index (κ2) is 7.80. The standard InChI is InChI=1S/C21H22N2O3S/c1-4-11-23-17-9-7-15(13-18(17)26-14-21(2,3)20(23)25)22-19(24)10-8-16-6-5-12-27-16/h4-10,12-13H,1,11,14H2,2-3H3,(H,22,24)/b10-8+. The van der Waals surface area contributed by atoms with Crippen LogP contribution in [-0.4, -0.2) is 25.0 Å². The Bertz CT molecular complexity index is 885. The monoisotopic (exact) mass is 382 g/mol. The number of carbonyl (C=O) groups is 2. The van der Waals surface area contributed by atoms with E-state index < -0.39 is 5.41 Å². The van der Waals surface area contributed by atoms with Crippen LogP contribution in [0.2, 0.25) is 0 Å². The molecule has 0 fully saturated rings. The lowest BCUT2D eigenvalue weighted by Gasteiger charge is -2.27. The van der Waals surface area contributed by atoms with Gasteiger partial charge < -0.3 is 15.0 Å². The van der Waals surface area contributed by atoms with Gasteiger partial charge in [0.2, 0.25) is 11.8 Å². The van der Waals surface area contributed by atoms with Crippen LogP contribution in [0.15, 0.2) is 54.4 Å². The van der Waals surface area contributed by atoms with E-state index in [1.54, 1.807) is 46.6 Å². The van der Waals surface area contributed by atoms with E-state index in [0.29, 0.717) is 23.7 Å². The van der Waals surface area contributed by atoms with Gasteiger partial charge in [0.1, 0.15) is 12.4 Å². The Morgan fingerprint density at radius 2 is 2.22 bits per heavy atom. The predicted octanol–water partition coefficient (Wildman–Crippen LogP) is 4.34. The number of thiophene rings is 1.